The Labute approximate surface area is 179 Å². The van der Waals surface area contributed by atoms with Gasteiger partial charge in [0.25, 0.3) is 0 Å². The van der Waals surface area contributed by atoms with E-state index in [0.29, 0.717) is 18.4 Å². The first kappa shape index (κ1) is 24.1. The lowest BCUT2D eigenvalue weighted by molar-refractivity contribution is -0.181. The van der Waals surface area contributed by atoms with Crippen LogP contribution in [0.5, 0.6) is 0 Å². The first-order valence-electron chi connectivity index (χ1n) is 10.6. The number of carbonyl (C=O) groups excluding carboxylic acids is 1. The van der Waals surface area contributed by atoms with E-state index >= 15 is 0 Å². The maximum atomic E-state index is 13.6. The normalized spacial score (nSPS) is 34.3. The van der Waals surface area contributed by atoms with Gasteiger partial charge in [-0.1, -0.05) is 20.8 Å². The molecule has 0 heterocycles. The summed E-state index contributed by atoms with van der Waals surface area (Å²) in [4.78, 5) is 11.7. The van der Waals surface area contributed by atoms with E-state index < -0.39 is 35.1 Å². The smallest absolute Gasteiger partial charge is 0.460 e. The van der Waals surface area contributed by atoms with Crippen LogP contribution in [-0.2, 0) is 24.1 Å². The second-order valence-corrected chi connectivity index (χ2v) is 17.9. The fourth-order valence-electron chi connectivity index (χ4n) is 5.95. The number of esters is 1. The van der Waals surface area contributed by atoms with Crippen LogP contribution in [0.25, 0.3) is 0 Å². The third kappa shape index (κ3) is 4.34. The van der Waals surface area contributed by atoms with E-state index in [1.54, 1.807) is 0 Å². The average Bonchev–Trinajstić information content (AvgIpc) is 2.55. The van der Waals surface area contributed by atoms with Crippen LogP contribution in [0.1, 0.15) is 59.3 Å². The number of alkyl halides is 2. The summed E-state index contributed by atoms with van der Waals surface area (Å²) in [5.41, 5.74) is -0.469. The van der Waals surface area contributed by atoms with Crippen molar-refractivity contribution in [3.8, 4) is 0 Å². The van der Waals surface area contributed by atoms with Crippen molar-refractivity contribution >= 4 is 24.4 Å². The predicted octanol–water partition coefficient (Wildman–Crippen LogP) is 4.62. The first-order chi connectivity index (χ1) is 13.4. The maximum Gasteiger partial charge on any atom is 0.465 e. The largest absolute Gasteiger partial charge is 0.465 e. The molecule has 4 bridgehead atoms. The third-order valence-corrected chi connectivity index (χ3v) is 13.2. The summed E-state index contributed by atoms with van der Waals surface area (Å²) in [6.07, 6.45) is 5.47. The highest BCUT2D eigenvalue weighted by Crippen LogP contribution is 2.65. The molecule has 0 saturated heterocycles. The van der Waals surface area contributed by atoms with Crippen LogP contribution in [-0.4, -0.2) is 45.7 Å². The molecule has 4 fully saturated rings. The first-order valence-corrected chi connectivity index (χ1v) is 14.9. The molecule has 2 unspecified atom stereocenters. The van der Waals surface area contributed by atoms with Gasteiger partial charge in [0.05, 0.1) is 6.61 Å². The lowest BCUT2D eigenvalue weighted by Crippen LogP contribution is -2.57. The summed E-state index contributed by atoms with van der Waals surface area (Å²) in [5, 5.41) is -4.86. The zero-order valence-electron chi connectivity index (χ0n) is 18.5. The molecule has 0 aliphatic heterocycles. The molecule has 4 aliphatic carbocycles. The fraction of sp³-hybridized carbons (Fsp3) is 0.950. The number of rotatable bonds is 7. The van der Waals surface area contributed by atoms with Crippen LogP contribution >= 0.6 is 0 Å². The molecule has 2 atom stereocenters. The second-order valence-electron chi connectivity index (χ2n) is 11.6. The molecule has 30 heavy (non-hydrogen) atoms. The molecular formula is C20H34F2O6SSi. The number of carbonyl (C=O) groups is 1. The summed E-state index contributed by atoms with van der Waals surface area (Å²) < 4.78 is 68.8. The Bertz CT molecular complexity index is 791. The zero-order valence-corrected chi connectivity index (χ0v) is 20.3. The van der Waals surface area contributed by atoms with Crippen molar-refractivity contribution in [2.75, 3.05) is 13.2 Å². The summed E-state index contributed by atoms with van der Waals surface area (Å²) in [5.74, 6) is -1.32. The highest BCUT2D eigenvalue weighted by molar-refractivity contribution is 7.87. The van der Waals surface area contributed by atoms with E-state index in [1.165, 1.54) is 0 Å². The molecule has 1 N–H and O–H groups in total. The van der Waals surface area contributed by atoms with Gasteiger partial charge in [-0.2, -0.15) is 17.2 Å². The van der Waals surface area contributed by atoms with Crippen molar-refractivity contribution in [2.45, 2.75) is 82.7 Å². The fourth-order valence-corrected chi connectivity index (χ4v) is 7.31. The van der Waals surface area contributed by atoms with Crippen molar-refractivity contribution in [2.24, 2.45) is 22.7 Å². The molecule has 0 amide bonds. The Kier molecular flexibility index (Phi) is 5.79. The topological polar surface area (TPSA) is 89.9 Å². The molecule has 4 rings (SSSR count). The molecule has 0 aromatic carbocycles. The van der Waals surface area contributed by atoms with Crippen molar-refractivity contribution in [3.63, 3.8) is 0 Å². The molecule has 0 aromatic rings. The van der Waals surface area contributed by atoms with Crippen molar-refractivity contribution in [1.29, 1.82) is 0 Å². The van der Waals surface area contributed by atoms with Crippen LogP contribution in [0.3, 0.4) is 0 Å². The minimum Gasteiger partial charge on any atom is -0.460 e. The van der Waals surface area contributed by atoms with Crippen LogP contribution in [0.2, 0.25) is 18.1 Å². The van der Waals surface area contributed by atoms with E-state index in [9.17, 15) is 22.0 Å². The van der Waals surface area contributed by atoms with Crippen LogP contribution in [0.15, 0.2) is 0 Å². The van der Waals surface area contributed by atoms with Crippen LogP contribution in [0, 0.1) is 22.7 Å². The Morgan fingerprint density at radius 3 is 1.97 bits per heavy atom. The quantitative estimate of drug-likeness (QED) is 0.333. The van der Waals surface area contributed by atoms with Crippen molar-refractivity contribution in [3.05, 3.63) is 0 Å². The lowest BCUT2D eigenvalue weighted by atomic mass is 9.44. The van der Waals surface area contributed by atoms with Gasteiger partial charge in [-0.25, -0.2) is 4.79 Å². The van der Waals surface area contributed by atoms with E-state index in [2.05, 4.69) is 33.9 Å². The van der Waals surface area contributed by atoms with Gasteiger partial charge in [0.1, 0.15) is 0 Å². The Morgan fingerprint density at radius 2 is 1.53 bits per heavy atom. The monoisotopic (exact) mass is 468 g/mol. The minimum absolute atomic E-state index is 0.0441. The van der Waals surface area contributed by atoms with Gasteiger partial charge in [-0.15, -0.1) is 0 Å². The number of hydrogen-bond donors (Lipinski definition) is 1. The van der Waals surface area contributed by atoms with Crippen LogP contribution in [0.4, 0.5) is 8.78 Å². The summed E-state index contributed by atoms with van der Waals surface area (Å²) in [6, 6.07) is 0. The lowest BCUT2D eigenvalue weighted by Gasteiger charge is -2.62. The number of halogens is 2. The van der Waals surface area contributed by atoms with E-state index in [1.807, 2.05) is 0 Å². The predicted molar refractivity (Wildman–Crippen MR) is 110 cm³/mol. The Balaban J connectivity index is 1.72. The molecule has 0 spiro atoms. The van der Waals surface area contributed by atoms with E-state index in [4.69, 9.17) is 13.7 Å². The Hall–Kier alpha value is -0.583. The van der Waals surface area contributed by atoms with Gasteiger partial charge in [0.15, 0.2) is 8.32 Å². The Morgan fingerprint density at radius 1 is 1.07 bits per heavy atom. The van der Waals surface area contributed by atoms with Gasteiger partial charge < -0.3 is 9.16 Å². The maximum absolute atomic E-state index is 13.6. The standard InChI is InChI=1S/C20H34F2O6SSi/c1-17(2,3)30(4,5)28-13-19-9-14-6-15(10-19)8-18(7-14,11-19)12-27-16(23)20(21,22)29(24,25)26/h14-15H,6-13H2,1-5H3,(H,24,25,26). The van der Waals surface area contributed by atoms with Crippen molar-refractivity contribution in [1.82, 2.24) is 0 Å². The van der Waals surface area contributed by atoms with E-state index in [0.717, 1.165) is 38.5 Å². The summed E-state index contributed by atoms with van der Waals surface area (Å²) in [6.45, 7) is 11.4. The second kappa shape index (κ2) is 7.21. The highest BCUT2D eigenvalue weighted by atomic mass is 32.2. The van der Waals surface area contributed by atoms with Gasteiger partial charge in [-0.3, -0.25) is 4.55 Å². The molecule has 6 nitrogen and oxygen atoms in total. The van der Waals surface area contributed by atoms with Gasteiger partial charge in [-0.05, 0) is 73.9 Å². The highest BCUT2D eigenvalue weighted by Gasteiger charge is 2.60. The molecule has 10 heteroatoms. The molecule has 0 aromatic heterocycles. The zero-order chi connectivity index (χ0) is 22.8. The summed E-state index contributed by atoms with van der Waals surface area (Å²) in [7, 11) is -7.80. The molecule has 174 valence electrons. The SMILES string of the molecule is CC(C)(C)[Si](C)(C)OCC12CC3CC(CC(COC(=O)C(F)(F)S(=O)(=O)O)(C3)C1)C2. The third-order valence-electron chi connectivity index (χ3n) is 7.92. The van der Waals surface area contributed by atoms with E-state index in [-0.39, 0.29) is 17.1 Å². The van der Waals surface area contributed by atoms with Gasteiger partial charge in [0, 0.05) is 12.0 Å². The number of ether oxygens (including phenoxy) is 1. The van der Waals surface area contributed by atoms with Crippen LogP contribution < -0.4 is 0 Å². The number of hydrogen-bond acceptors (Lipinski definition) is 5. The van der Waals surface area contributed by atoms with Gasteiger partial charge >= 0.3 is 21.3 Å². The minimum atomic E-state index is -5.85. The molecular weight excluding hydrogens is 434 g/mol. The van der Waals surface area contributed by atoms with Crippen molar-refractivity contribution < 1.29 is 35.7 Å². The molecule has 4 saturated carbocycles. The van der Waals surface area contributed by atoms with Gasteiger partial charge in [0.2, 0.25) is 0 Å². The molecule has 0 radical (unpaired) electrons. The molecule has 4 aliphatic rings. The summed E-state index contributed by atoms with van der Waals surface area (Å²) >= 11 is 0. The average molecular weight is 469 g/mol.